The van der Waals surface area contributed by atoms with E-state index in [-0.39, 0.29) is 11.6 Å². The summed E-state index contributed by atoms with van der Waals surface area (Å²) in [5.41, 5.74) is 0. The van der Waals surface area contributed by atoms with Crippen LogP contribution in [0.1, 0.15) is 16.6 Å². The van der Waals surface area contributed by atoms with Crippen molar-refractivity contribution in [3.8, 4) is 5.75 Å². The molecule has 1 heterocycles. The molecule has 2 rings (SSSR count). The van der Waals surface area contributed by atoms with Crippen molar-refractivity contribution >= 4 is 27.2 Å². The molecule has 0 atom stereocenters. The maximum absolute atomic E-state index is 13.4. The zero-order valence-corrected chi connectivity index (χ0v) is 9.15. The van der Waals surface area contributed by atoms with E-state index in [4.69, 9.17) is 4.74 Å². The number of rotatable bonds is 2. The monoisotopic (exact) mass is 224 g/mol. The van der Waals surface area contributed by atoms with Crippen LogP contribution in [-0.4, -0.2) is 12.9 Å². The minimum atomic E-state index is -0.316. The molecule has 1 aromatic carbocycles. The SMILES string of the molecule is COc1c(C(C)=O)sc2c(F)cccc12. The molecule has 2 aromatic rings. The lowest BCUT2D eigenvalue weighted by molar-refractivity contribution is 0.101. The van der Waals surface area contributed by atoms with Crippen LogP contribution in [-0.2, 0) is 0 Å². The predicted molar refractivity (Wildman–Crippen MR) is 58.3 cm³/mol. The molecule has 4 heteroatoms. The van der Waals surface area contributed by atoms with Gasteiger partial charge in [-0.3, -0.25) is 4.79 Å². The van der Waals surface area contributed by atoms with Crippen molar-refractivity contribution in [2.75, 3.05) is 7.11 Å². The Morgan fingerprint density at radius 3 is 2.80 bits per heavy atom. The third kappa shape index (κ3) is 1.51. The Bertz CT molecular complexity index is 531. The molecular weight excluding hydrogens is 215 g/mol. The van der Waals surface area contributed by atoms with Gasteiger partial charge in [-0.1, -0.05) is 6.07 Å². The lowest BCUT2D eigenvalue weighted by Crippen LogP contribution is -1.91. The molecule has 1 aromatic heterocycles. The quantitative estimate of drug-likeness (QED) is 0.732. The molecule has 2 nitrogen and oxygen atoms in total. The Balaban J connectivity index is 2.84. The molecule has 0 unspecified atom stereocenters. The highest BCUT2D eigenvalue weighted by Crippen LogP contribution is 2.38. The average molecular weight is 224 g/mol. The van der Waals surface area contributed by atoms with Crippen molar-refractivity contribution < 1.29 is 13.9 Å². The van der Waals surface area contributed by atoms with E-state index in [9.17, 15) is 9.18 Å². The Kier molecular flexibility index (Phi) is 2.44. The van der Waals surface area contributed by atoms with Gasteiger partial charge in [0, 0.05) is 12.3 Å². The first-order valence-corrected chi connectivity index (χ1v) is 5.22. The second-order valence-corrected chi connectivity index (χ2v) is 4.16. The van der Waals surface area contributed by atoms with Crippen LogP contribution in [0.4, 0.5) is 4.39 Å². The Hall–Kier alpha value is -1.42. The average Bonchev–Trinajstić information content (AvgIpc) is 2.57. The summed E-state index contributed by atoms with van der Waals surface area (Å²) in [7, 11) is 1.48. The fourth-order valence-corrected chi connectivity index (χ4v) is 2.57. The van der Waals surface area contributed by atoms with Crippen LogP contribution in [0.3, 0.4) is 0 Å². The minimum absolute atomic E-state index is 0.104. The van der Waals surface area contributed by atoms with E-state index in [2.05, 4.69) is 0 Å². The molecule has 0 bridgehead atoms. The minimum Gasteiger partial charge on any atom is -0.494 e. The fourth-order valence-electron chi connectivity index (χ4n) is 1.50. The zero-order chi connectivity index (χ0) is 11.0. The number of benzene rings is 1. The van der Waals surface area contributed by atoms with E-state index in [1.165, 1.54) is 20.1 Å². The maximum atomic E-state index is 13.4. The van der Waals surface area contributed by atoms with Crippen molar-refractivity contribution in [1.82, 2.24) is 0 Å². The second-order valence-electron chi connectivity index (χ2n) is 3.14. The van der Waals surface area contributed by atoms with Crippen molar-refractivity contribution in [3.63, 3.8) is 0 Å². The van der Waals surface area contributed by atoms with Gasteiger partial charge in [-0.05, 0) is 12.1 Å². The number of hydrogen-bond donors (Lipinski definition) is 0. The molecule has 0 N–H and O–H groups in total. The van der Waals surface area contributed by atoms with Gasteiger partial charge < -0.3 is 4.74 Å². The lowest BCUT2D eigenvalue weighted by Gasteiger charge is -1.99. The van der Waals surface area contributed by atoms with Gasteiger partial charge in [-0.2, -0.15) is 0 Å². The van der Waals surface area contributed by atoms with E-state index in [0.717, 1.165) is 11.3 Å². The van der Waals surface area contributed by atoms with E-state index < -0.39 is 0 Å². The Labute approximate surface area is 90.3 Å². The Morgan fingerprint density at radius 2 is 2.20 bits per heavy atom. The summed E-state index contributed by atoms with van der Waals surface area (Å²) in [6.45, 7) is 1.45. The van der Waals surface area contributed by atoms with Crippen LogP contribution in [0.15, 0.2) is 18.2 Å². The van der Waals surface area contributed by atoms with Gasteiger partial charge in [-0.15, -0.1) is 11.3 Å². The molecule has 0 fully saturated rings. The third-order valence-corrected chi connectivity index (χ3v) is 3.44. The molecular formula is C11H9FO2S. The van der Waals surface area contributed by atoms with Crippen LogP contribution < -0.4 is 4.74 Å². The molecule has 0 aliphatic rings. The molecule has 15 heavy (non-hydrogen) atoms. The molecule has 0 aliphatic heterocycles. The fraction of sp³-hybridized carbons (Fsp3) is 0.182. The van der Waals surface area contributed by atoms with Gasteiger partial charge in [0.15, 0.2) is 5.78 Å². The summed E-state index contributed by atoms with van der Waals surface area (Å²) in [5.74, 6) is 0.0535. The van der Waals surface area contributed by atoms with Gasteiger partial charge in [0.2, 0.25) is 0 Å². The maximum Gasteiger partial charge on any atom is 0.173 e. The summed E-state index contributed by atoms with van der Waals surface area (Å²) in [5, 5.41) is 0.660. The summed E-state index contributed by atoms with van der Waals surface area (Å²) in [4.78, 5) is 11.8. The standard InChI is InChI=1S/C11H9FO2S/c1-6(13)10-9(14-2)7-4-3-5-8(12)11(7)15-10/h3-5H,1-2H3. The molecule has 0 radical (unpaired) electrons. The van der Waals surface area contributed by atoms with E-state index in [0.29, 0.717) is 20.7 Å². The van der Waals surface area contributed by atoms with E-state index in [1.807, 2.05) is 0 Å². The summed E-state index contributed by atoms with van der Waals surface area (Å²) in [6, 6.07) is 4.74. The van der Waals surface area contributed by atoms with Crippen LogP contribution in [0, 0.1) is 5.82 Å². The first kappa shape index (κ1) is 10.1. The van der Waals surface area contributed by atoms with E-state index in [1.54, 1.807) is 12.1 Å². The number of methoxy groups -OCH3 is 1. The predicted octanol–water partition coefficient (Wildman–Crippen LogP) is 3.25. The zero-order valence-electron chi connectivity index (χ0n) is 8.33. The van der Waals surface area contributed by atoms with Gasteiger partial charge >= 0.3 is 0 Å². The molecule has 0 amide bonds. The number of ether oxygens (including phenoxy) is 1. The molecule has 0 saturated carbocycles. The topological polar surface area (TPSA) is 26.3 Å². The molecule has 78 valence electrons. The number of hydrogen-bond acceptors (Lipinski definition) is 3. The highest BCUT2D eigenvalue weighted by molar-refractivity contribution is 7.21. The van der Waals surface area contributed by atoms with Crippen LogP contribution in [0.25, 0.3) is 10.1 Å². The number of halogens is 1. The van der Waals surface area contributed by atoms with Crippen LogP contribution in [0.5, 0.6) is 5.75 Å². The van der Waals surface area contributed by atoms with E-state index >= 15 is 0 Å². The lowest BCUT2D eigenvalue weighted by atomic mass is 10.2. The normalized spacial score (nSPS) is 10.6. The number of carbonyl (C=O) groups excluding carboxylic acids is 1. The van der Waals surface area contributed by atoms with Gasteiger partial charge in [0.1, 0.15) is 16.4 Å². The molecule has 0 spiro atoms. The summed E-state index contributed by atoms with van der Waals surface area (Å²) in [6.07, 6.45) is 0. The van der Waals surface area contributed by atoms with Crippen LogP contribution in [0.2, 0.25) is 0 Å². The number of fused-ring (bicyclic) bond motifs is 1. The smallest absolute Gasteiger partial charge is 0.173 e. The number of thiophene rings is 1. The van der Waals surface area contributed by atoms with Crippen molar-refractivity contribution in [2.24, 2.45) is 0 Å². The van der Waals surface area contributed by atoms with Crippen LogP contribution >= 0.6 is 11.3 Å². The first-order valence-electron chi connectivity index (χ1n) is 4.41. The molecule has 0 aliphatic carbocycles. The first-order chi connectivity index (χ1) is 7.15. The number of Topliss-reactive ketones (excluding diaryl/α,β-unsaturated/α-hetero) is 1. The van der Waals surface area contributed by atoms with Crippen molar-refractivity contribution in [1.29, 1.82) is 0 Å². The van der Waals surface area contributed by atoms with Crippen molar-refractivity contribution in [2.45, 2.75) is 6.92 Å². The summed E-state index contributed by atoms with van der Waals surface area (Å²) < 4.78 is 19.0. The molecule has 0 saturated heterocycles. The third-order valence-electron chi connectivity index (χ3n) is 2.15. The number of ketones is 1. The Morgan fingerprint density at radius 1 is 1.47 bits per heavy atom. The van der Waals surface area contributed by atoms with Gasteiger partial charge in [-0.25, -0.2) is 4.39 Å². The van der Waals surface area contributed by atoms with Crippen molar-refractivity contribution in [3.05, 3.63) is 28.9 Å². The van der Waals surface area contributed by atoms with Gasteiger partial charge in [0.25, 0.3) is 0 Å². The summed E-state index contributed by atoms with van der Waals surface area (Å²) >= 11 is 1.13. The number of carbonyl (C=O) groups is 1. The second kappa shape index (κ2) is 3.62. The van der Waals surface area contributed by atoms with Gasteiger partial charge in [0.05, 0.1) is 11.8 Å². The largest absolute Gasteiger partial charge is 0.494 e. The highest BCUT2D eigenvalue weighted by Gasteiger charge is 2.17. The highest BCUT2D eigenvalue weighted by atomic mass is 32.1.